The second-order valence-electron chi connectivity index (χ2n) is 5.82. The number of hydrogen-bond acceptors (Lipinski definition) is 2. The summed E-state index contributed by atoms with van der Waals surface area (Å²) in [6.45, 7) is 2.17. The smallest absolute Gasteiger partial charge is 0.115 e. The van der Waals surface area contributed by atoms with Gasteiger partial charge in [-0.05, 0) is 67.5 Å². The average molecular weight is 267 g/mol. The summed E-state index contributed by atoms with van der Waals surface area (Å²) >= 11 is 0. The molecular formula is C18H21NO. The molecule has 1 aliphatic rings. The maximum absolute atomic E-state index is 9.48. The second-order valence-corrected chi connectivity index (χ2v) is 5.82. The van der Waals surface area contributed by atoms with Gasteiger partial charge in [-0.25, -0.2) is 0 Å². The Hall–Kier alpha value is -1.96. The van der Waals surface area contributed by atoms with Gasteiger partial charge in [0.2, 0.25) is 0 Å². The van der Waals surface area contributed by atoms with Gasteiger partial charge < -0.3 is 10.4 Å². The van der Waals surface area contributed by atoms with Gasteiger partial charge in [-0.1, -0.05) is 24.3 Å². The van der Waals surface area contributed by atoms with E-state index >= 15 is 0 Å². The van der Waals surface area contributed by atoms with E-state index < -0.39 is 0 Å². The van der Waals surface area contributed by atoms with Crippen LogP contribution >= 0.6 is 0 Å². The van der Waals surface area contributed by atoms with Crippen molar-refractivity contribution in [2.45, 2.75) is 38.1 Å². The Morgan fingerprint density at radius 1 is 1.15 bits per heavy atom. The molecule has 0 aromatic heterocycles. The summed E-state index contributed by atoms with van der Waals surface area (Å²) in [7, 11) is 0. The van der Waals surface area contributed by atoms with Crippen LogP contribution in [0.5, 0.6) is 5.75 Å². The molecule has 0 radical (unpaired) electrons. The summed E-state index contributed by atoms with van der Waals surface area (Å²) in [5.41, 5.74) is 3.79. The lowest BCUT2D eigenvalue weighted by Crippen LogP contribution is -2.17. The molecule has 1 atom stereocenters. The molecule has 2 heteroatoms. The van der Waals surface area contributed by atoms with Gasteiger partial charge in [0, 0.05) is 11.7 Å². The van der Waals surface area contributed by atoms with E-state index in [0.29, 0.717) is 11.8 Å². The summed E-state index contributed by atoms with van der Waals surface area (Å²) in [6.07, 6.45) is 3.60. The number of nitrogens with one attached hydrogen (secondary N) is 1. The van der Waals surface area contributed by atoms with Crippen molar-refractivity contribution in [3.05, 3.63) is 59.7 Å². The molecule has 0 heterocycles. The van der Waals surface area contributed by atoms with Crippen molar-refractivity contribution >= 4 is 5.69 Å². The van der Waals surface area contributed by atoms with Crippen LogP contribution in [0.1, 0.15) is 36.8 Å². The highest BCUT2D eigenvalue weighted by Gasteiger charge is 2.22. The maximum atomic E-state index is 9.48. The second kappa shape index (κ2) is 5.58. The van der Waals surface area contributed by atoms with Crippen LogP contribution in [0, 0.1) is 0 Å². The number of phenols is 1. The first-order chi connectivity index (χ1) is 9.70. The van der Waals surface area contributed by atoms with Gasteiger partial charge in [-0.15, -0.1) is 0 Å². The first kappa shape index (κ1) is 13.0. The number of phenolic OH excluding ortho intramolecular Hbond substituents is 1. The molecule has 1 aliphatic carbocycles. The molecule has 1 fully saturated rings. The zero-order chi connectivity index (χ0) is 13.9. The van der Waals surface area contributed by atoms with Crippen molar-refractivity contribution in [2.75, 3.05) is 5.32 Å². The summed E-state index contributed by atoms with van der Waals surface area (Å²) in [5.74, 6) is 1.15. The molecule has 0 amide bonds. The molecule has 1 saturated carbocycles. The molecule has 1 unspecified atom stereocenters. The molecule has 20 heavy (non-hydrogen) atoms. The summed E-state index contributed by atoms with van der Waals surface area (Å²) in [4.78, 5) is 0. The molecule has 104 valence electrons. The minimum Gasteiger partial charge on any atom is -0.508 e. The van der Waals surface area contributed by atoms with Gasteiger partial charge in [0.15, 0.2) is 0 Å². The van der Waals surface area contributed by atoms with Crippen LogP contribution in [0.2, 0.25) is 0 Å². The van der Waals surface area contributed by atoms with Crippen LogP contribution in [-0.4, -0.2) is 11.1 Å². The van der Waals surface area contributed by atoms with Crippen LogP contribution in [-0.2, 0) is 6.42 Å². The summed E-state index contributed by atoms with van der Waals surface area (Å²) in [5, 5.41) is 13.0. The fourth-order valence-corrected chi connectivity index (χ4v) is 2.64. The number of rotatable bonds is 5. The van der Waals surface area contributed by atoms with E-state index in [1.54, 1.807) is 6.07 Å². The molecule has 0 spiro atoms. The SMILES string of the molecule is CC(Cc1cccc(O)c1)Nc1ccc(C2CC2)cc1. The normalized spacial score (nSPS) is 15.8. The van der Waals surface area contributed by atoms with Crippen molar-refractivity contribution in [2.24, 2.45) is 0 Å². The van der Waals surface area contributed by atoms with Gasteiger partial charge in [-0.3, -0.25) is 0 Å². The molecule has 0 bridgehead atoms. The lowest BCUT2D eigenvalue weighted by molar-refractivity contribution is 0.474. The fourth-order valence-electron chi connectivity index (χ4n) is 2.64. The van der Waals surface area contributed by atoms with Crippen molar-refractivity contribution < 1.29 is 5.11 Å². The van der Waals surface area contributed by atoms with Crippen LogP contribution in [0.25, 0.3) is 0 Å². The lowest BCUT2D eigenvalue weighted by atomic mass is 10.1. The Morgan fingerprint density at radius 2 is 1.90 bits per heavy atom. The van der Waals surface area contributed by atoms with Crippen molar-refractivity contribution in [3.63, 3.8) is 0 Å². The Labute approximate surface area is 120 Å². The first-order valence-electron chi connectivity index (χ1n) is 7.35. The molecule has 2 N–H and O–H groups in total. The number of aromatic hydroxyl groups is 1. The lowest BCUT2D eigenvalue weighted by Gasteiger charge is -2.16. The highest BCUT2D eigenvalue weighted by Crippen LogP contribution is 2.40. The van der Waals surface area contributed by atoms with E-state index in [1.807, 2.05) is 18.2 Å². The van der Waals surface area contributed by atoms with E-state index in [2.05, 4.69) is 36.5 Å². The Kier molecular flexibility index (Phi) is 3.64. The predicted octanol–water partition coefficient (Wildman–Crippen LogP) is 4.31. The Bertz CT molecular complexity index is 572. The molecule has 2 aromatic carbocycles. The third-order valence-electron chi connectivity index (χ3n) is 3.82. The molecule has 3 rings (SSSR count). The van der Waals surface area contributed by atoms with Crippen LogP contribution in [0.3, 0.4) is 0 Å². The van der Waals surface area contributed by atoms with Gasteiger partial charge in [0.25, 0.3) is 0 Å². The van der Waals surface area contributed by atoms with Gasteiger partial charge in [-0.2, -0.15) is 0 Å². The number of anilines is 1. The highest BCUT2D eigenvalue weighted by molar-refractivity contribution is 5.46. The van der Waals surface area contributed by atoms with Gasteiger partial charge in [0.05, 0.1) is 0 Å². The monoisotopic (exact) mass is 267 g/mol. The average Bonchev–Trinajstić information content (AvgIpc) is 3.24. The topological polar surface area (TPSA) is 32.3 Å². The zero-order valence-electron chi connectivity index (χ0n) is 11.8. The number of benzene rings is 2. The molecule has 0 aliphatic heterocycles. The van der Waals surface area contributed by atoms with E-state index in [4.69, 9.17) is 0 Å². The summed E-state index contributed by atoms with van der Waals surface area (Å²) < 4.78 is 0. The minimum atomic E-state index is 0.337. The molecular weight excluding hydrogens is 246 g/mol. The molecule has 2 aromatic rings. The first-order valence-corrected chi connectivity index (χ1v) is 7.35. The zero-order valence-corrected chi connectivity index (χ0v) is 11.8. The summed E-state index contributed by atoms with van der Waals surface area (Å²) in [6, 6.07) is 16.6. The Morgan fingerprint density at radius 3 is 2.55 bits per heavy atom. The fraction of sp³-hybridized carbons (Fsp3) is 0.333. The maximum Gasteiger partial charge on any atom is 0.115 e. The van der Waals surface area contributed by atoms with Crippen molar-refractivity contribution in [1.82, 2.24) is 0 Å². The quantitative estimate of drug-likeness (QED) is 0.846. The van der Waals surface area contributed by atoms with E-state index in [0.717, 1.165) is 17.9 Å². The third kappa shape index (κ3) is 3.32. The third-order valence-corrected chi connectivity index (χ3v) is 3.82. The molecule has 2 nitrogen and oxygen atoms in total. The van der Waals surface area contributed by atoms with Crippen molar-refractivity contribution in [3.8, 4) is 5.75 Å². The van der Waals surface area contributed by atoms with Crippen LogP contribution in [0.4, 0.5) is 5.69 Å². The van der Waals surface area contributed by atoms with Gasteiger partial charge in [0.1, 0.15) is 5.75 Å². The Balaban J connectivity index is 1.59. The standard InChI is InChI=1S/C18H21NO/c1-13(11-14-3-2-4-18(20)12-14)19-17-9-7-16(8-10-17)15-5-6-15/h2-4,7-10,12-13,15,19-20H,5-6,11H2,1H3. The van der Waals surface area contributed by atoms with Gasteiger partial charge >= 0.3 is 0 Å². The predicted molar refractivity (Wildman–Crippen MR) is 83.3 cm³/mol. The highest BCUT2D eigenvalue weighted by atomic mass is 16.3. The van der Waals surface area contributed by atoms with Crippen molar-refractivity contribution in [1.29, 1.82) is 0 Å². The number of hydrogen-bond donors (Lipinski definition) is 2. The van der Waals surface area contributed by atoms with Crippen LogP contribution < -0.4 is 5.32 Å². The largest absolute Gasteiger partial charge is 0.508 e. The van der Waals surface area contributed by atoms with E-state index in [9.17, 15) is 5.11 Å². The van der Waals surface area contributed by atoms with Crippen LogP contribution in [0.15, 0.2) is 48.5 Å². The molecule has 0 saturated heterocycles. The minimum absolute atomic E-state index is 0.337. The van der Waals surface area contributed by atoms with E-state index in [1.165, 1.54) is 24.1 Å². The van der Waals surface area contributed by atoms with E-state index in [-0.39, 0.29) is 0 Å².